The van der Waals surface area contributed by atoms with Gasteiger partial charge in [-0.25, -0.2) is 0 Å². The predicted molar refractivity (Wildman–Crippen MR) is 35.8 cm³/mol. The van der Waals surface area contributed by atoms with Gasteiger partial charge in [0.15, 0.2) is 0 Å². The van der Waals surface area contributed by atoms with Crippen LogP contribution in [0.3, 0.4) is 0 Å². The molecule has 50 valence electrons. The second kappa shape index (κ2) is 2.84. The summed E-state index contributed by atoms with van der Waals surface area (Å²) < 4.78 is 0. The van der Waals surface area contributed by atoms with Crippen molar-refractivity contribution in [1.82, 2.24) is 5.32 Å². The molecule has 0 bridgehead atoms. The van der Waals surface area contributed by atoms with Crippen molar-refractivity contribution in [3.05, 3.63) is 0 Å². The minimum Gasteiger partial charge on any atom is -0.316 e. The molecule has 1 N–H and O–H groups in total. The first-order valence-electron chi connectivity index (χ1n) is 3.45. The fourth-order valence-electron chi connectivity index (χ4n) is 1.46. The number of rotatable bonds is 1. The van der Waals surface area contributed by atoms with E-state index in [1.165, 1.54) is 12.8 Å². The van der Waals surface area contributed by atoms with Crippen molar-refractivity contribution < 1.29 is 0 Å². The first kappa shape index (κ1) is 6.57. The molecule has 0 spiro atoms. The molecule has 1 fully saturated rings. The first-order chi connectivity index (χ1) is 4.38. The monoisotopic (exact) mass is 124 g/mol. The third-order valence-corrected chi connectivity index (χ3v) is 2.05. The highest BCUT2D eigenvalue weighted by atomic mass is 14.9. The Balaban J connectivity index is 2.44. The van der Waals surface area contributed by atoms with Crippen LogP contribution in [-0.4, -0.2) is 13.1 Å². The van der Waals surface area contributed by atoms with E-state index in [1.807, 2.05) is 7.05 Å². The summed E-state index contributed by atoms with van der Waals surface area (Å²) in [6, 6.07) is 2.77. The summed E-state index contributed by atoms with van der Waals surface area (Å²) >= 11 is 0. The molecule has 0 saturated heterocycles. The molecule has 0 aromatic heterocycles. The summed E-state index contributed by atoms with van der Waals surface area (Å²) in [6.07, 6.45) is 3.47. The summed E-state index contributed by atoms with van der Waals surface area (Å²) in [5.41, 5.74) is 0. The number of hydrogen-bond acceptors (Lipinski definition) is 2. The molecule has 2 heteroatoms. The largest absolute Gasteiger partial charge is 0.316 e. The van der Waals surface area contributed by atoms with E-state index in [4.69, 9.17) is 5.26 Å². The Morgan fingerprint density at radius 2 is 2.33 bits per heavy atom. The zero-order valence-corrected chi connectivity index (χ0v) is 5.72. The van der Waals surface area contributed by atoms with Gasteiger partial charge in [-0.1, -0.05) is 6.42 Å². The topological polar surface area (TPSA) is 35.8 Å². The fourth-order valence-corrected chi connectivity index (χ4v) is 1.46. The van der Waals surface area contributed by atoms with E-state index >= 15 is 0 Å². The molecule has 0 unspecified atom stereocenters. The second-order valence-electron chi connectivity index (χ2n) is 2.56. The van der Waals surface area contributed by atoms with E-state index in [0.717, 1.165) is 6.42 Å². The maximum atomic E-state index is 8.58. The fraction of sp³-hybridized carbons (Fsp3) is 0.857. The standard InChI is InChI=1S/C7H12N2/c1-9-7-4-2-3-6(7)5-8/h6-7,9H,2-4H2,1H3/t6-,7-/m1/s1. The Bertz CT molecular complexity index is 125. The van der Waals surface area contributed by atoms with Crippen LogP contribution in [0.5, 0.6) is 0 Å². The molecule has 0 aromatic carbocycles. The van der Waals surface area contributed by atoms with Gasteiger partial charge >= 0.3 is 0 Å². The van der Waals surface area contributed by atoms with Gasteiger partial charge in [0.1, 0.15) is 0 Å². The zero-order chi connectivity index (χ0) is 6.69. The molecular formula is C7H12N2. The molecule has 9 heavy (non-hydrogen) atoms. The van der Waals surface area contributed by atoms with Crippen molar-refractivity contribution in [3.8, 4) is 6.07 Å². The Morgan fingerprint density at radius 1 is 1.56 bits per heavy atom. The Hall–Kier alpha value is -0.550. The van der Waals surface area contributed by atoms with Crippen molar-refractivity contribution >= 4 is 0 Å². The lowest BCUT2D eigenvalue weighted by Gasteiger charge is -2.09. The van der Waals surface area contributed by atoms with Gasteiger partial charge < -0.3 is 5.32 Å². The van der Waals surface area contributed by atoms with E-state index in [2.05, 4.69) is 11.4 Å². The van der Waals surface area contributed by atoms with Crippen LogP contribution in [0.25, 0.3) is 0 Å². The average Bonchev–Trinajstić information content (AvgIpc) is 2.33. The van der Waals surface area contributed by atoms with Crippen LogP contribution in [0.15, 0.2) is 0 Å². The van der Waals surface area contributed by atoms with E-state index in [1.54, 1.807) is 0 Å². The Morgan fingerprint density at radius 3 is 2.78 bits per heavy atom. The third kappa shape index (κ3) is 1.22. The Kier molecular flexibility index (Phi) is 2.07. The van der Waals surface area contributed by atoms with Crippen molar-refractivity contribution in [1.29, 1.82) is 5.26 Å². The molecule has 0 heterocycles. The molecular weight excluding hydrogens is 112 g/mol. The molecule has 0 aliphatic heterocycles. The average molecular weight is 124 g/mol. The molecule has 1 aliphatic carbocycles. The van der Waals surface area contributed by atoms with E-state index < -0.39 is 0 Å². The maximum absolute atomic E-state index is 8.58. The quantitative estimate of drug-likeness (QED) is 0.563. The maximum Gasteiger partial charge on any atom is 0.0672 e. The molecule has 2 atom stereocenters. The van der Waals surface area contributed by atoms with Crippen LogP contribution < -0.4 is 5.32 Å². The first-order valence-corrected chi connectivity index (χ1v) is 3.45. The van der Waals surface area contributed by atoms with Crippen molar-refractivity contribution in [2.75, 3.05) is 7.05 Å². The lowest BCUT2D eigenvalue weighted by atomic mass is 10.1. The molecule has 1 rings (SSSR count). The minimum atomic E-state index is 0.273. The summed E-state index contributed by atoms with van der Waals surface area (Å²) in [5.74, 6) is 0.273. The second-order valence-corrected chi connectivity index (χ2v) is 2.56. The normalized spacial score (nSPS) is 34.2. The van der Waals surface area contributed by atoms with E-state index in [0.29, 0.717) is 6.04 Å². The number of nitrogens with one attached hydrogen (secondary N) is 1. The minimum absolute atomic E-state index is 0.273. The summed E-state index contributed by atoms with van der Waals surface area (Å²) in [4.78, 5) is 0. The molecule has 1 saturated carbocycles. The zero-order valence-electron chi connectivity index (χ0n) is 5.72. The third-order valence-electron chi connectivity index (χ3n) is 2.05. The van der Waals surface area contributed by atoms with Gasteiger partial charge in [-0.2, -0.15) is 5.26 Å². The van der Waals surface area contributed by atoms with Crippen molar-refractivity contribution in [3.63, 3.8) is 0 Å². The van der Waals surface area contributed by atoms with Crippen LogP contribution in [0.2, 0.25) is 0 Å². The Labute approximate surface area is 55.9 Å². The van der Waals surface area contributed by atoms with Crippen LogP contribution in [0.1, 0.15) is 19.3 Å². The van der Waals surface area contributed by atoms with Crippen molar-refractivity contribution in [2.24, 2.45) is 5.92 Å². The van der Waals surface area contributed by atoms with Gasteiger partial charge in [0.05, 0.1) is 12.0 Å². The highest BCUT2D eigenvalue weighted by Crippen LogP contribution is 2.23. The summed E-state index contributed by atoms with van der Waals surface area (Å²) in [7, 11) is 1.93. The highest BCUT2D eigenvalue weighted by molar-refractivity contribution is 4.95. The van der Waals surface area contributed by atoms with Gasteiger partial charge in [-0.3, -0.25) is 0 Å². The van der Waals surface area contributed by atoms with Gasteiger partial charge in [0.25, 0.3) is 0 Å². The predicted octanol–water partition coefficient (Wildman–Crippen LogP) is 0.898. The summed E-state index contributed by atoms with van der Waals surface area (Å²) in [5, 5.41) is 11.7. The van der Waals surface area contributed by atoms with Gasteiger partial charge in [0.2, 0.25) is 0 Å². The lowest BCUT2D eigenvalue weighted by molar-refractivity contribution is 0.506. The number of nitrogens with zero attached hydrogens (tertiary/aromatic N) is 1. The van der Waals surface area contributed by atoms with E-state index in [-0.39, 0.29) is 5.92 Å². The molecule has 1 aliphatic rings. The van der Waals surface area contributed by atoms with Crippen LogP contribution >= 0.6 is 0 Å². The smallest absolute Gasteiger partial charge is 0.0672 e. The van der Waals surface area contributed by atoms with Gasteiger partial charge in [0, 0.05) is 6.04 Å². The molecule has 0 amide bonds. The van der Waals surface area contributed by atoms with Crippen LogP contribution in [-0.2, 0) is 0 Å². The van der Waals surface area contributed by atoms with Crippen LogP contribution in [0, 0.1) is 17.2 Å². The molecule has 0 aromatic rings. The lowest BCUT2D eigenvalue weighted by Crippen LogP contribution is -2.27. The van der Waals surface area contributed by atoms with Gasteiger partial charge in [-0.15, -0.1) is 0 Å². The molecule has 0 radical (unpaired) electrons. The van der Waals surface area contributed by atoms with E-state index in [9.17, 15) is 0 Å². The summed E-state index contributed by atoms with van der Waals surface area (Å²) in [6.45, 7) is 0. The number of nitriles is 1. The SMILES string of the molecule is CN[C@@H]1CCC[C@@H]1C#N. The number of hydrogen-bond donors (Lipinski definition) is 1. The van der Waals surface area contributed by atoms with Crippen LogP contribution in [0.4, 0.5) is 0 Å². The van der Waals surface area contributed by atoms with Gasteiger partial charge in [-0.05, 0) is 19.9 Å². The van der Waals surface area contributed by atoms with Crippen molar-refractivity contribution in [2.45, 2.75) is 25.3 Å². The molecule has 2 nitrogen and oxygen atoms in total. The highest BCUT2D eigenvalue weighted by Gasteiger charge is 2.24.